The number of aliphatic hydroxyl groups is 1. The molecule has 0 spiro atoms. The number of benzene rings is 1. The Hall–Kier alpha value is -2.12. The first-order chi connectivity index (χ1) is 14.3. The number of allylic oxidation sites excluding steroid dienone is 2. The van der Waals surface area contributed by atoms with E-state index in [4.69, 9.17) is 5.11 Å². The van der Waals surface area contributed by atoms with Crippen LogP contribution in [0.1, 0.15) is 55.9 Å². The molecular weight excluding hydrogens is 410 g/mol. The van der Waals surface area contributed by atoms with Gasteiger partial charge in [-0.2, -0.15) is 0 Å². The summed E-state index contributed by atoms with van der Waals surface area (Å²) in [7, 11) is 0. The zero-order valence-corrected chi connectivity index (χ0v) is 17.4. The van der Waals surface area contributed by atoms with E-state index in [1.54, 1.807) is 12.2 Å². The molecule has 1 heterocycles. The topological polar surface area (TPSA) is 74.6 Å². The number of carboxylic acid groups (broad SMARTS) is 1. The summed E-state index contributed by atoms with van der Waals surface area (Å²) in [5, 5.41) is 20.2. The van der Waals surface area contributed by atoms with E-state index in [2.05, 4.69) is 0 Å². The third-order valence-electron chi connectivity index (χ3n) is 5.69. The molecule has 1 aromatic carbocycles. The summed E-state index contributed by atoms with van der Waals surface area (Å²) >= 11 is 1.46. The Balaban J connectivity index is 1.59. The number of carbonyl (C=O) groups is 2. The molecule has 0 bridgehead atoms. The van der Waals surface area contributed by atoms with Crippen molar-refractivity contribution in [3.8, 4) is 0 Å². The summed E-state index contributed by atoms with van der Waals surface area (Å²) in [5.74, 6) is -6.20. The number of Topliss-reactive ketones (excluding diaryl/α,β-unsaturated/α-hetero) is 1. The van der Waals surface area contributed by atoms with Crippen LogP contribution in [0.4, 0.5) is 8.78 Å². The monoisotopic (exact) mass is 436 g/mol. The van der Waals surface area contributed by atoms with E-state index < -0.39 is 42.0 Å². The Morgan fingerprint density at radius 1 is 1.30 bits per heavy atom. The quantitative estimate of drug-likeness (QED) is 0.367. The molecule has 0 unspecified atom stereocenters. The minimum Gasteiger partial charge on any atom is -0.481 e. The number of hydrogen-bond donors (Lipinski definition) is 2. The van der Waals surface area contributed by atoms with E-state index in [0.717, 1.165) is 15.0 Å². The van der Waals surface area contributed by atoms with Crippen LogP contribution in [-0.4, -0.2) is 27.9 Å². The maximum Gasteiger partial charge on any atom is 0.303 e. The zero-order chi connectivity index (χ0) is 21.7. The smallest absolute Gasteiger partial charge is 0.303 e. The average molecular weight is 437 g/mol. The zero-order valence-electron chi connectivity index (χ0n) is 16.6. The molecule has 3 rings (SSSR count). The van der Waals surface area contributed by atoms with Gasteiger partial charge in [-0.05, 0) is 49.6 Å². The van der Waals surface area contributed by atoms with Crippen molar-refractivity contribution in [3.63, 3.8) is 0 Å². The Labute approximate surface area is 178 Å². The van der Waals surface area contributed by atoms with Gasteiger partial charge in [-0.1, -0.05) is 30.4 Å². The third-order valence-corrected chi connectivity index (χ3v) is 6.91. The molecule has 1 fully saturated rings. The third kappa shape index (κ3) is 5.52. The molecule has 1 aliphatic rings. The second-order valence-electron chi connectivity index (χ2n) is 7.89. The average Bonchev–Trinajstić information content (AvgIpc) is 3.20. The summed E-state index contributed by atoms with van der Waals surface area (Å²) in [6, 6.07) is 9.62. The maximum atomic E-state index is 14.5. The Bertz CT molecular complexity index is 888. The predicted octanol–water partition coefficient (Wildman–Crippen LogP) is 5.76. The van der Waals surface area contributed by atoms with Crippen molar-refractivity contribution >= 4 is 33.2 Å². The van der Waals surface area contributed by atoms with Crippen LogP contribution in [0.25, 0.3) is 10.1 Å². The molecule has 0 saturated heterocycles. The molecule has 30 heavy (non-hydrogen) atoms. The summed E-state index contributed by atoms with van der Waals surface area (Å²) in [4.78, 5) is 23.4. The van der Waals surface area contributed by atoms with Crippen LogP contribution in [0.15, 0.2) is 42.5 Å². The van der Waals surface area contributed by atoms with Crippen LogP contribution >= 0.6 is 11.3 Å². The fourth-order valence-corrected chi connectivity index (χ4v) is 5.18. The molecule has 2 aromatic rings. The number of thiophene rings is 1. The second-order valence-corrected chi connectivity index (χ2v) is 9.01. The number of aliphatic hydroxyl groups excluding tert-OH is 1. The first kappa shape index (κ1) is 22.6. The Kier molecular flexibility index (Phi) is 7.36. The SMILES string of the molecule is O=C(O)CCCC=CC[C@H]1C(=O)CC(F)(F)[C@@H]1CC[C@@H](O)c1cc2ccccc2s1. The number of hydrogen-bond acceptors (Lipinski definition) is 4. The fraction of sp³-hybridized carbons (Fsp3) is 0.478. The van der Waals surface area contributed by atoms with Gasteiger partial charge in [-0.15, -0.1) is 11.3 Å². The number of carbonyl (C=O) groups excluding carboxylic acids is 1. The maximum absolute atomic E-state index is 14.5. The number of ketones is 1. The highest BCUT2D eigenvalue weighted by Gasteiger charge is 2.53. The van der Waals surface area contributed by atoms with Crippen molar-refractivity contribution in [2.75, 3.05) is 0 Å². The van der Waals surface area contributed by atoms with Gasteiger partial charge >= 0.3 is 5.97 Å². The minimum atomic E-state index is -3.06. The van der Waals surface area contributed by atoms with E-state index in [0.29, 0.717) is 12.8 Å². The van der Waals surface area contributed by atoms with E-state index in [1.165, 1.54) is 11.3 Å². The summed E-state index contributed by atoms with van der Waals surface area (Å²) < 4.78 is 30.0. The van der Waals surface area contributed by atoms with Gasteiger partial charge in [0.05, 0.1) is 12.5 Å². The van der Waals surface area contributed by atoms with Crippen LogP contribution in [0, 0.1) is 11.8 Å². The molecule has 4 nitrogen and oxygen atoms in total. The number of halogens is 2. The Morgan fingerprint density at radius 2 is 2.07 bits per heavy atom. The van der Waals surface area contributed by atoms with Gasteiger partial charge in [-0.25, -0.2) is 8.78 Å². The normalized spacial score (nSPS) is 22.2. The second kappa shape index (κ2) is 9.79. The number of carboxylic acids is 1. The van der Waals surface area contributed by atoms with Crippen molar-refractivity contribution in [1.29, 1.82) is 0 Å². The molecule has 0 amide bonds. The van der Waals surface area contributed by atoms with Crippen LogP contribution in [-0.2, 0) is 9.59 Å². The molecule has 1 aromatic heterocycles. The predicted molar refractivity (Wildman–Crippen MR) is 113 cm³/mol. The van der Waals surface area contributed by atoms with Crippen LogP contribution < -0.4 is 0 Å². The lowest BCUT2D eigenvalue weighted by Gasteiger charge is -2.23. The van der Waals surface area contributed by atoms with Crippen molar-refractivity contribution < 1.29 is 28.6 Å². The van der Waals surface area contributed by atoms with Crippen LogP contribution in [0.3, 0.4) is 0 Å². The van der Waals surface area contributed by atoms with Gasteiger partial charge in [0.1, 0.15) is 5.78 Å². The van der Waals surface area contributed by atoms with Crippen molar-refractivity contribution in [2.45, 2.75) is 57.0 Å². The lowest BCUT2D eigenvalue weighted by atomic mass is 9.86. The molecule has 3 atom stereocenters. The van der Waals surface area contributed by atoms with Crippen molar-refractivity contribution in [1.82, 2.24) is 0 Å². The lowest BCUT2D eigenvalue weighted by molar-refractivity contribution is -0.137. The Morgan fingerprint density at radius 3 is 2.80 bits per heavy atom. The fourth-order valence-electron chi connectivity index (χ4n) is 4.10. The van der Waals surface area contributed by atoms with Crippen molar-refractivity contribution in [2.24, 2.45) is 11.8 Å². The molecule has 0 aliphatic heterocycles. The van der Waals surface area contributed by atoms with Gasteiger partial charge in [0.2, 0.25) is 0 Å². The largest absolute Gasteiger partial charge is 0.481 e. The molecule has 0 radical (unpaired) electrons. The molecule has 1 saturated carbocycles. The standard InChI is InChI=1S/C23H26F2O4S/c24-23(25)14-19(27)16(8-3-1-2-4-10-22(28)29)17(23)11-12-18(26)21-13-15-7-5-6-9-20(15)30-21/h1,3,5-7,9,13,16-18,26H,2,4,8,10-12,14H2,(H,28,29)/t16-,17-,18-/m1/s1. The molecule has 162 valence electrons. The summed E-state index contributed by atoms with van der Waals surface area (Å²) in [5.41, 5.74) is 0. The van der Waals surface area contributed by atoms with Crippen LogP contribution in [0.5, 0.6) is 0 Å². The van der Waals surface area contributed by atoms with Gasteiger partial charge in [0.15, 0.2) is 0 Å². The van der Waals surface area contributed by atoms with Gasteiger partial charge < -0.3 is 10.2 Å². The number of fused-ring (bicyclic) bond motifs is 1. The molecule has 1 aliphatic carbocycles. The van der Waals surface area contributed by atoms with Crippen LogP contribution in [0.2, 0.25) is 0 Å². The first-order valence-electron chi connectivity index (χ1n) is 10.2. The summed E-state index contributed by atoms with van der Waals surface area (Å²) in [6.45, 7) is 0. The minimum absolute atomic E-state index is 0.0585. The van der Waals surface area contributed by atoms with E-state index >= 15 is 0 Å². The van der Waals surface area contributed by atoms with Gasteiger partial charge in [0.25, 0.3) is 5.92 Å². The van der Waals surface area contributed by atoms with E-state index in [1.807, 2.05) is 30.3 Å². The highest BCUT2D eigenvalue weighted by molar-refractivity contribution is 7.19. The lowest BCUT2D eigenvalue weighted by Crippen LogP contribution is -2.26. The first-order valence-corrected chi connectivity index (χ1v) is 11.0. The number of unbranched alkanes of at least 4 members (excludes halogenated alkanes) is 1. The van der Waals surface area contributed by atoms with E-state index in [-0.39, 0.29) is 25.7 Å². The summed E-state index contributed by atoms with van der Waals surface area (Å²) in [6.07, 6.45) is 3.45. The molecule has 2 N–H and O–H groups in total. The highest BCUT2D eigenvalue weighted by Crippen LogP contribution is 2.47. The molecule has 7 heteroatoms. The molecular formula is C23H26F2O4S. The van der Waals surface area contributed by atoms with Gasteiger partial charge in [-0.3, -0.25) is 9.59 Å². The van der Waals surface area contributed by atoms with Gasteiger partial charge in [0, 0.05) is 27.8 Å². The highest BCUT2D eigenvalue weighted by atomic mass is 32.1. The van der Waals surface area contributed by atoms with Crippen molar-refractivity contribution in [3.05, 3.63) is 47.4 Å². The number of aliphatic carboxylic acids is 1. The number of rotatable bonds is 10. The van der Waals surface area contributed by atoms with E-state index in [9.17, 15) is 23.5 Å². The number of alkyl halides is 2.